The molecule has 1 aromatic heterocycles. The Morgan fingerprint density at radius 2 is 1.78 bits per heavy atom. The Labute approximate surface area is 107 Å². The minimum atomic E-state index is 0.211. The van der Waals surface area contributed by atoms with Crippen molar-refractivity contribution < 1.29 is 0 Å². The Balaban J connectivity index is 1.76. The highest BCUT2D eigenvalue weighted by Gasteiger charge is 2.52. The van der Waals surface area contributed by atoms with E-state index in [0.29, 0.717) is 5.69 Å². The number of rotatable bonds is 2. The summed E-state index contributed by atoms with van der Waals surface area (Å²) >= 11 is 0. The van der Waals surface area contributed by atoms with Crippen LogP contribution in [0.5, 0.6) is 0 Å². The third-order valence-electron chi connectivity index (χ3n) is 5.46. The standard InChI is InChI=1S/C14H19N3O/c1-9-13(16-18)8-17(15-9)14-5-10-2-11(6-14)4-12(3-10)7-14/h8,10-12H,2-7H2,1H3. The van der Waals surface area contributed by atoms with Crippen LogP contribution in [0, 0.1) is 29.6 Å². The fraction of sp³-hybridized carbons (Fsp3) is 0.786. The van der Waals surface area contributed by atoms with Gasteiger partial charge in [-0.15, -0.1) is 4.91 Å². The van der Waals surface area contributed by atoms with Crippen LogP contribution >= 0.6 is 0 Å². The van der Waals surface area contributed by atoms with Crippen molar-refractivity contribution in [1.29, 1.82) is 0 Å². The molecule has 0 unspecified atom stereocenters. The van der Waals surface area contributed by atoms with Gasteiger partial charge < -0.3 is 0 Å². The van der Waals surface area contributed by atoms with Gasteiger partial charge in [-0.3, -0.25) is 4.68 Å². The summed E-state index contributed by atoms with van der Waals surface area (Å²) in [4.78, 5) is 10.8. The van der Waals surface area contributed by atoms with Gasteiger partial charge in [0, 0.05) is 0 Å². The quantitative estimate of drug-likeness (QED) is 0.748. The maximum absolute atomic E-state index is 10.8. The predicted octanol–water partition coefficient (Wildman–Crippen LogP) is 3.51. The summed E-state index contributed by atoms with van der Waals surface area (Å²) in [5, 5.41) is 7.68. The molecule has 0 spiro atoms. The molecular formula is C14H19N3O. The van der Waals surface area contributed by atoms with Crippen molar-refractivity contribution >= 4 is 5.69 Å². The van der Waals surface area contributed by atoms with Gasteiger partial charge in [-0.25, -0.2) is 0 Å². The lowest BCUT2D eigenvalue weighted by molar-refractivity contribution is -0.0495. The van der Waals surface area contributed by atoms with Gasteiger partial charge in [0.2, 0.25) is 0 Å². The molecule has 1 heterocycles. The molecule has 0 aliphatic heterocycles. The summed E-state index contributed by atoms with van der Waals surface area (Å²) in [6.45, 7) is 1.88. The molecule has 0 amide bonds. The molecule has 4 nitrogen and oxygen atoms in total. The fourth-order valence-corrected chi connectivity index (χ4v) is 5.13. The van der Waals surface area contributed by atoms with Crippen LogP contribution in [0.15, 0.2) is 11.4 Å². The highest BCUT2D eigenvalue weighted by Crippen LogP contribution is 2.58. The molecule has 0 N–H and O–H groups in total. The van der Waals surface area contributed by atoms with Crippen molar-refractivity contribution in [3.8, 4) is 0 Å². The Bertz CT molecular complexity index is 470. The molecule has 4 aliphatic rings. The van der Waals surface area contributed by atoms with Gasteiger partial charge in [0.05, 0.1) is 17.4 Å². The van der Waals surface area contributed by atoms with Gasteiger partial charge in [-0.1, -0.05) is 0 Å². The molecule has 0 saturated heterocycles. The van der Waals surface area contributed by atoms with Gasteiger partial charge in [-0.2, -0.15) is 5.10 Å². The third-order valence-corrected chi connectivity index (χ3v) is 5.46. The van der Waals surface area contributed by atoms with Crippen molar-refractivity contribution in [2.45, 2.75) is 51.0 Å². The van der Waals surface area contributed by atoms with Crippen LogP contribution in [0.25, 0.3) is 0 Å². The largest absolute Gasteiger partial charge is 0.264 e. The zero-order valence-electron chi connectivity index (χ0n) is 10.8. The van der Waals surface area contributed by atoms with Crippen LogP contribution in [0.1, 0.15) is 44.2 Å². The van der Waals surface area contributed by atoms with E-state index in [-0.39, 0.29) is 5.54 Å². The summed E-state index contributed by atoms with van der Waals surface area (Å²) in [5.41, 5.74) is 1.51. The van der Waals surface area contributed by atoms with Gasteiger partial charge in [-0.05, 0) is 68.4 Å². The van der Waals surface area contributed by atoms with Crippen LogP contribution in [0.3, 0.4) is 0 Å². The number of nitrogens with zero attached hydrogens (tertiary/aromatic N) is 3. The smallest absolute Gasteiger partial charge is 0.148 e. The zero-order valence-corrected chi connectivity index (χ0v) is 10.8. The SMILES string of the molecule is Cc1nn(C23CC4CC(CC(C4)C2)C3)cc1N=O. The molecule has 0 aromatic carbocycles. The van der Waals surface area contributed by atoms with Gasteiger partial charge in [0.15, 0.2) is 0 Å². The molecule has 4 bridgehead atoms. The molecule has 4 saturated carbocycles. The van der Waals surface area contributed by atoms with E-state index < -0.39 is 0 Å². The number of hydrogen-bond acceptors (Lipinski definition) is 3. The molecule has 0 atom stereocenters. The highest BCUT2D eigenvalue weighted by atomic mass is 16.3. The maximum Gasteiger partial charge on any atom is 0.148 e. The topological polar surface area (TPSA) is 47.2 Å². The normalized spacial score (nSPS) is 41.3. The summed E-state index contributed by atoms with van der Waals surface area (Å²) in [6, 6.07) is 0. The van der Waals surface area contributed by atoms with Gasteiger partial charge in [0.25, 0.3) is 0 Å². The Morgan fingerprint density at radius 3 is 2.22 bits per heavy atom. The van der Waals surface area contributed by atoms with E-state index in [4.69, 9.17) is 0 Å². The lowest BCUT2D eigenvalue weighted by Crippen LogP contribution is -2.52. The summed E-state index contributed by atoms with van der Waals surface area (Å²) < 4.78 is 2.10. The first-order chi connectivity index (χ1) is 8.68. The van der Waals surface area contributed by atoms with Gasteiger partial charge in [0.1, 0.15) is 5.69 Å². The van der Waals surface area contributed by atoms with Crippen LogP contribution < -0.4 is 0 Å². The van der Waals surface area contributed by atoms with Crippen molar-refractivity contribution in [2.75, 3.05) is 0 Å². The minimum Gasteiger partial charge on any atom is -0.264 e. The number of aryl methyl sites for hydroxylation is 1. The number of nitroso groups, excluding NO2 is 1. The maximum atomic E-state index is 10.8. The third kappa shape index (κ3) is 1.35. The second kappa shape index (κ2) is 3.43. The minimum absolute atomic E-state index is 0.211. The molecule has 1 aromatic rings. The lowest BCUT2D eigenvalue weighted by Gasteiger charge is -2.56. The van der Waals surface area contributed by atoms with Crippen LogP contribution in [-0.2, 0) is 5.54 Å². The molecule has 0 radical (unpaired) electrons. The van der Waals surface area contributed by atoms with Crippen molar-refractivity contribution in [2.24, 2.45) is 22.9 Å². The Hall–Kier alpha value is -1.19. The average Bonchev–Trinajstić information content (AvgIpc) is 2.69. The first-order valence-electron chi connectivity index (χ1n) is 7.09. The average molecular weight is 245 g/mol. The van der Waals surface area contributed by atoms with Gasteiger partial charge >= 0.3 is 0 Å². The van der Waals surface area contributed by atoms with E-state index in [1.807, 2.05) is 13.1 Å². The second-order valence-electron chi connectivity index (χ2n) is 6.78. The highest BCUT2D eigenvalue weighted by molar-refractivity contribution is 5.38. The Morgan fingerprint density at radius 1 is 1.22 bits per heavy atom. The molecule has 4 fully saturated rings. The molecule has 18 heavy (non-hydrogen) atoms. The van der Waals surface area contributed by atoms with Crippen LogP contribution in [-0.4, -0.2) is 9.78 Å². The first kappa shape index (κ1) is 10.7. The molecule has 4 heteroatoms. The van der Waals surface area contributed by atoms with E-state index in [1.165, 1.54) is 38.5 Å². The molecule has 5 rings (SSSR count). The second-order valence-corrected chi connectivity index (χ2v) is 6.78. The van der Waals surface area contributed by atoms with Crippen molar-refractivity contribution in [3.63, 3.8) is 0 Å². The summed E-state index contributed by atoms with van der Waals surface area (Å²) in [5.74, 6) is 2.69. The first-order valence-corrected chi connectivity index (χ1v) is 7.09. The van der Waals surface area contributed by atoms with E-state index in [0.717, 1.165) is 23.4 Å². The molecule has 4 aliphatic carbocycles. The number of hydrogen-bond donors (Lipinski definition) is 0. The van der Waals surface area contributed by atoms with Crippen LogP contribution in [0.2, 0.25) is 0 Å². The summed E-state index contributed by atoms with van der Waals surface area (Å²) in [7, 11) is 0. The zero-order chi connectivity index (χ0) is 12.3. The number of aromatic nitrogens is 2. The fourth-order valence-electron chi connectivity index (χ4n) is 5.13. The predicted molar refractivity (Wildman–Crippen MR) is 68.6 cm³/mol. The van der Waals surface area contributed by atoms with E-state index in [2.05, 4.69) is 15.0 Å². The summed E-state index contributed by atoms with van der Waals surface area (Å²) in [6.07, 6.45) is 9.96. The van der Waals surface area contributed by atoms with Crippen LogP contribution in [0.4, 0.5) is 5.69 Å². The van der Waals surface area contributed by atoms with E-state index in [1.54, 1.807) is 0 Å². The van der Waals surface area contributed by atoms with Crippen molar-refractivity contribution in [1.82, 2.24) is 9.78 Å². The van der Waals surface area contributed by atoms with Crippen molar-refractivity contribution in [3.05, 3.63) is 16.8 Å². The lowest BCUT2D eigenvalue weighted by atomic mass is 9.53. The van der Waals surface area contributed by atoms with E-state index >= 15 is 0 Å². The Kier molecular flexibility index (Phi) is 2.04. The van der Waals surface area contributed by atoms with E-state index in [9.17, 15) is 4.91 Å². The molecular weight excluding hydrogens is 226 g/mol. The monoisotopic (exact) mass is 245 g/mol. The molecule has 96 valence electrons.